The summed E-state index contributed by atoms with van der Waals surface area (Å²) in [4.78, 5) is 4.45. The lowest BCUT2D eigenvalue weighted by atomic mass is 10.2. The van der Waals surface area contributed by atoms with Crippen molar-refractivity contribution >= 4 is 11.8 Å². The van der Waals surface area contributed by atoms with Crippen LogP contribution in [0.4, 0.5) is 0 Å². The molecule has 0 atom stereocenters. The van der Waals surface area contributed by atoms with E-state index in [2.05, 4.69) is 42.5 Å². The number of hydrogen-bond acceptors (Lipinski definition) is 3. The highest BCUT2D eigenvalue weighted by molar-refractivity contribution is 7.99. The van der Waals surface area contributed by atoms with E-state index in [4.69, 9.17) is 0 Å². The van der Waals surface area contributed by atoms with Gasteiger partial charge in [-0.15, -0.1) is 0 Å². The molecule has 0 aromatic carbocycles. The number of pyridine rings is 1. The molecule has 15 heavy (non-hydrogen) atoms. The molecule has 0 aliphatic carbocycles. The molecule has 0 saturated carbocycles. The van der Waals surface area contributed by atoms with Gasteiger partial charge in [0, 0.05) is 23.5 Å². The van der Waals surface area contributed by atoms with E-state index in [0.29, 0.717) is 4.75 Å². The van der Waals surface area contributed by atoms with Crippen molar-refractivity contribution in [2.45, 2.75) is 32.1 Å². The van der Waals surface area contributed by atoms with E-state index in [0.717, 1.165) is 24.5 Å². The van der Waals surface area contributed by atoms with Crippen LogP contribution in [-0.4, -0.2) is 22.5 Å². The molecule has 3 heteroatoms. The molecule has 0 fully saturated rings. The summed E-state index contributed by atoms with van der Waals surface area (Å²) in [6.07, 6.45) is 2.15. The molecule has 1 N–H and O–H groups in total. The first-order valence-corrected chi connectivity index (χ1v) is 6.44. The van der Waals surface area contributed by atoms with E-state index in [-0.39, 0.29) is 0 Å². The molecule has 0 amide bonds. The number of aromatic nitrogens is 1. The monoisotopic (exact) mass is 224 g/mol. The summed E-state index contributed by atoms with van der Waals surface area (Å²) in [5, 5.41) is 3.44. The maximum atomic E-state index is 4.45. The number of rotatable bonds is 5. The second kappa shape index (κ2) is 5.52. The van der Waals surface area contributed by atoms with Gasteiger partial charge in [0.2, 0.25) is 0 Å². The molecule has 0 spiro atoms. The summed E-state index contributed by atoms with van der Waals surface area (Å²) in [5.41, 5.74) is 2.20. The number of thioether (sulfide) groups is 1. The quantitative estimate of drug-likeness (QED) is 0.832. The van der Waals surface area contributed by atoms with Crippen molar-refractivity contribution < 1.29 is 0 Å². The molecule has 2 nitrogen and oxygen atoms in total. The van der Waals surface area contributed by atoms with Crippen LogP contribution in [0.1, 0.15) is 25.2 Å². The van der Waals surface area contributed by atoms with E-state index in [1.54, 1.807) is 0 Å². The second-order valence-electron chi connectivity index (χ2n) is 4.34. The van der Waals surface area contributed by atoms with Gasteiger partial charge in [-0.1, -0.05) is 6.07 Å². The fraction of sp³-hybridized carbons (Fsp3) is 0.583. The van der Waals surface area contributed by atoms with Gasteiger partial charge < -0.3 is 5.32 Å². The van der Waals surface area contributed by atoms with Gasteiger partial charge in [-0.2, -0.15) is 11.8 Å². The van der Waals surface area contributed by atoms with Crippen molar-refractivity contribution in [2.75, 3.05) is 12.8 Å². The van der Waals surface area contributed by atoms with E-state index in [9.17, 15) is 0 Å². The number of aryl methyl sites for hydroxylation is 1. The number of nitrogens with zero attached hydrogens (tertiary/aromatic N) is 1. The minimum absolute atomic E-state index is 0.295. The standard InChI is InChI=1S/C12H20N2S/c1-10-6-5-7-11(14-10)8-13-9-12(2,3)15-4/h5-7,13H,8-9H2,1-4H3. The van der Waals surface area contributed by atoms with Gasteiger partial charge in [0.1, 0.15) is 0 Å². The average molecular weight is 224 g/mol. The summed E-state index contributed by atoms with van der Waals surface area (Å²) in [5.74, 6) is 0. The molecule has 0 unspecified atom stereocenters. The largest absolute Gasteiger partial charge is 0.310 e. The van der Waals surface area contributed by atoms with E-state index >= 15 is 0 Å². The van der Waals surface area contributed by atoms with Gasteiger partial charge in [0.05, 0.1) is 5.69 Å². The molecule has 0 saturated heterocycles. The predicted molar refractivity (Wildman–Crippen MR) is 68.3 cm³/mol. The Morgan fingerprint density at radius 2 is 2.13 bits per heavy atom. The first-order chi connectivity index (χ1) is 7.03. The van der Waals surface area contributed by atoms with E-state index < -0.39 is 0 Å². The smallest absolute Gasteiger partial charge is 0.0544 e. The molecule has 0 aliphatic heterocycles. The van der Waals surface area contributed by atoms with Crippen molar-refractivity contribution in [3.63, 3.8) is 0 Å². The van der Waals surface area contributed by atoms with Crippen LogP contribution in [0, 0.1) is 6.92 Å². The summed E-state index contributed by atoms with van der Waals surface area (Å²) in [7, 11) is 0. The molecule has 1 heterocycles. The summed E-state index contributed by atoms with van der Waals surface area (Å²) in [6.45, 7) is 8.37. The Balaban J connectivity index is 2.38. The Morgan fingerprint density at radius 3 is 2.73 bits per heavy atom. The molecular weight excluding hydrogens is 204 g/mol. The van der Waals surface area contributed by atoms with Crippen LogP contribution in [0.15, 0.2) is 18.2 Å². The number of hydrogen-bond donors (Lipinski definition) is 1. The van der Waals surface area contributed by atoms with Gasteiger partial charge in [0.15, 0.2) is 0 Å². The maximum Gasteiger partial charge on any atom is 0.0544 e. The van der Waals surface area contributed by atoms with E-state index in [1.807, 2.05) is 24.8 Å². The normalized spacial score (nSPS) is 11.7. The molecule has 1 rings (SSSR count). The predicted octanol–water partition coefficient (Wildman–Crippen LogP) is 2.62. The van der Waals surface area contributed by atoms with Gasteiger partial charge >= 0.3 is 0 Å². The van der Waals surface area contributed by atoms with Crippen LogP contribution in [0.2, 0.25) is 0 Å². The van der Waals surface area contributed by atoms with E-state index in [1.165, 1.54) is 0 Å². The molecule has 0 radical (unpaired) electrons. The van der Waals surface area contributed by atoms with Crippen molar-refractivity contribution in [3.8, 4) is 0 Å². The Labute approximate surface area is 96.9 Å². The molecular formula is C12H20N2S. The highest BCUT2D eigenvalue weighted by Gasteiger charge is 2.14. The van der Waals surface area contributed by atoms with Crippen LogP contribution in [0.3, 0.4) is 0 Å². The fourth-order valence-electron chi connectivity index (χ4n) is 1.26. The van der Waals surface area contributed by atoms with Crippen LogP contribution >= 0.6 is 11.8 Å². The SMILES string of the molecule is CSC(C)(C)CNCc1cccc(C)n1. The third-order valence-corrected chi connectivity index (χ3v) is 3.60. The Hall–Kier alpha value is -0.540. The second-order valence-corrected chi connectivity index (χ2v) is 5.85. The van der Waals surface area contributed by atoms with Gasteiger partial charge in [-0.3, -0.25) is 4.98 Å². The van der Waals surface area contributed by atoms with Gasteiger partial charge in [-0.25, -0.2) is 0 Å². The topological polar surface area (TPSA) is 24.9 Å². The fourth-order valence-corrected chi connectivity index (χ4v) is 1.51. The lowest BCUT2D eigenvalue weighted by Gasteiger charge is -2.22. The third-order valence-electron chi connectivity index (χ3n) is 2.36. The lowest BCUT2D eigenvalue weighted by Crippen LogP contribution is -2.31. The van der Waals surface area contributed by atoms with Crippen LogP contribution in [-0.2, 0) is 6.54 Å². The van der Waals surface area contributed by atoms with Gasteiger partial charge in [-0.05, 0) is 39.2 Å². The number of nitrogens with one attached hydrogen (secondary N) is 1. The van der Waals surface area contributed by atoms with Crippen LogP contribution < -0.4 is 5.32 Å². The first kappa shape index (κ1) is 12.5. The Kier molecular flexibility index (Phi) is 4.61. The Bertz CT molecular complexity index is 310. The highest BCUT2D eigenvalue weighted by atomic mass is 32.2. The zero-order valence-electron chi connectivity index (χ0n) is 10.0. The zero-order chi connectivity index (χ0) is 11.3. The highest BCUT2D eigenvalue weighted by Crippen LogP contribution is 2.19. The van der Waals surface area contributed by atoms with Crippen molar-refractivity contribution in [1.82, 2.24) is 10.3 Å². The molecule has 84 valence electrons. The van der Waals surface area contributed by atoms with Crippen molar-refractivity contribution in [2.24, 2.45) is 0 Å². The van der Waals surface area contributed by atoms with Crippen LogP contribution in [0.25, 0.3) is 0 Å². The summed E-state index contributed by atoms with van der Waals surface area (Å²) >= 11 is 1.88. The third kappa shape index (κ3) is 4.67. The summed E-state index contributed by atoms with van der Waals surface area (Å²) < 4.78 is 0.295. The van der Waals surface area contributed by atoms with Crippen LogP contribution in [0.5, 0.6) is 0 Å². The summed E-state index contributed by atoms with van der Waals surface area (Å²) in [6, 6.07) is 6.14. The minimum Gasteiger partial charge on any atom is -0.310 e. The molecule has 0 bridgehead atoms. The Morgan fingerprint density at radius 1 is 1.40 bits per heavy atom. The zero-order valence-corrected chi connectivity index (χ0v) is 10.8. The molecule has 1 aromatic heterocycles. The maximum absolute atomic E-state index is 4.45. The molecule has 0 aliphatic rings. The lowest BCUT2D eigenvalue weighted by molar-refractivity contribution is 0.585. The molecule has 1 aromatic rings. The average Bonchev–Trinajstić information content (AvgIpc) is 2.18. The minimum atomic E-state index is 0.295. The van der Waals surface area contributed by atoms with Gasteiger partial charge in [0.25, 0.3) is 0 Å². The van der Waals surface area contributed by atoms with Crippen molar-refractivity contribution in [3.05, 3.63) is 29.6 Å². The first-order valence-electron chi connectivity index (χ1n) is 5.22. The van der Waals surface area contributed by atoms with Crippen molar-refractivity contribution in [1.29, 1.82) is 0 Å².